The number of hydrogen-bond acceptors (Lipinski definition) is 5. The Bertz CT molecular complexity index is 618. The van der Waals surface area contributed by atoms with Gasteiger partial charge in [-0.25, -0.2) is 4.79 Å². The molecule has 0 aromatic carbocycles. The Kier molecular flexibility index (Phi) is 7.82. The van der Waals surface area contributed by atoms with Gasteiger partial charge in [0, 0.05) is 0 Å². The number of hydrogen-bond donors (Lipinski definition) is 4. The zero-order valence-electron chi connectivity index (χ0n) is 15.1. The Labute approximate surface area is 151 Å². The Hall–Kier alpha value is -2.84. The maximum atomic E-state index is 12.3. The van der Waals surface area contributed by atoms with E-state index < -0.39 is 48.6 Å². The van der Waals surface area contributed by atoms with Crippen LogP contribution in [0.25, 0.3) is 0 Å². The molecule has 0 spiro atoms. The number of ether oxygens (including phenoxy) is 1. The average Bonchev–Trinajstić information content (AvgIpc) is 3.01. The van der Waals surface area contributed by atoms with Crippen molar-refractivity contribution >= 4 is 23.9 Å². The molecule has 0 saturated carbocycles. The summed E-state index contributed by atoms with van der Waals surface area (Å²) in [6.07, 6.45) is 5.86. The molecular formula is C17H25N3O6. The first-order valence-electron chi connectivity index (χ1n) is 8.17. The van der Waals surface area contributed by atoms with E-state index >= 15 is 0 Å². The van der Waals surface area contributed by atoms with Crippen molar-refractivity contribution in [2.24, 2.45) is 0 Å². The summed E-state index contributed by atoms with van der Waals surface area (Å²) < 4.78 is 5.16. The van der Waals surface area contributed by atoms with Crippen LogP contribution in [0, 0.1) is 0 Å². The Morgan fingerprint density at radius 2 is 1.88 bits per heavy atom. The Morgan fingerprint density at radius 1 is 1.19 bits per heavy atom. The highest BCUT2D eigenvalue weighted by Crippen LogP contribution is 2.17. The number of aliphatic carboxylic acids is 1. The average molecular weight is 367 g/mol. The van der Waals surface area contributed by atoms with Crippen molar-refractivity contribution in [3.63, 3.8) is 0 Å². The van der Waals surface area contributed by atoms with E-state index in [1.54, 1.807) is 20.8 Å². The van der Waals surface area contributed by atoms with Crippen molar-refractivity contribution in [1.82, 2.24) is 16.0 Å². The van der Waals surface area contributed by atoms with E-state index in [9.17, 15) is 19.2 Å². The maximum absolute atomic E-state index is 12.3. The number of carbonyl (C=O) groups is 4. The number of carbonyl (C=O) groups excluding carboxylic acids is 3. The number of carboxylic acids is 1. The normalized spacial score (nSPS) is 14.2. The van der Waals surface area contributed by atoms with Crippen molar-refractivity contribution < 1.29 is 29.0 Å². The molecule has 1 atom stereocenters. The third kappa shape index (κ3) is 8.86. The summed E-state index contributed by atoms with van der Waals surface area (Å²) in [7, 11) is 0. The summed E-state index contributed by atoms with van der Waals surface area (Å²) in [5, 5.41) is 15.5. The largest absolute Gasteiger partial charge is 0.480 e. The van der Waals surface area contributed by atoms with Crippen LogP contribution in [0.5, 0.6) is 0 Å². The monoisotopic (exact) mass is 367 g/mol. The van der Waals surface area contributed by atoms with Crippen molar-refractivity contribution in [3.8, 4) is 0 Å². The van der Waals surface area contributed by atoms with Gasteiger partial charge in [-0.1, -0.05) is 23.8 Å². The predicted octanol–water partition coefficient (Wildman–Crippen LogP) is 0.473. The van der Waals surface area contributed by atoms with Gasteiger partial charge in [0.05, 0.1) is 6.54 Å². The highest BCUT2D eigenvalue weighted by molar-refractivity contribution is 5.90. The van der Waals surface area contributed by atoms with Crippen LogP contribution in [-0.2, 0) is 19.1 Å². The Morgan fingerprint density at radius 3 is 2.42 bits per heavy atom. The topological polar surface area (TPSA) is 134 Å². The SMILES string of the molecule is CC(C)(C)OC(=O)N[C@@H](CC1=CC=CC1)C(=O)NCC(=O)NCC(=O)O. The van der Waals surface area contributed by atoms with Gasteiger partial charge in [0.25, 0.3) is 0 Å². The summed E-state index contributed by atoms with van der Waals surface area (Å²) in [4.78, 5) is 46.2. The van der Waals surface area contributed by atoms with Gasteiger partial charge in [0.1, 0.15) is 18.2 Å². The van der Waals surface area contributed by atoms with E-state index in [0.717, 1.165) is 5.57 Å². The molecule has 0 aliphatic heterocycles. The van der Waals surface area contributed by atoms with Gasteiger partial charge in [-0.15, -0.1) is 0 Å². The quantitative estimate of drug-likeness (QED) is 0.493. The number of carboxylic acid groups (broad SMARTS) is 1. The van der Waals surface area contributed by atoms with Crippen LogP contribution in [0.2, 0.25) is 0 Å². The summed E-state index contributed by atoms with van der Waals surface area (Å²) in [5.41, 5.74) is 0.243. The molecule has 9 nitrogen and oxygen atoms in total. The first kappa shape index (κ1) is 21.2. The lowest BCUT2D eigenvalue weighted by Crippen LogP contribution is -2.50. The highest BCUT2D eigenvalue weighted by atomic mass is 16.6. The standard InChI is InChI=1S/C17H25N3O6/c1-17(2,3)26-16(25)20-12(8-11-6-4-5-7-11)15(24)19-9-13(21)18-10-14(22)23/h4-6,12H,7-10H2,1-3H3,(H,18,21)(H,19,24)(H,20,25)(H,22,23)/t12-/m0/s1. The van der Waals surface area contributed by atoms with E-state index in [-0.39, 0.29) is 6.42 Å². The van der Waals surface area contributed by atoms with E-state index in [2.05, 4.69) is 16.0 Å². The van der Waals surface area contributed by atoms with Crippen molar-refractivity contribution in [2.75, 3.05) is 13.1 Å². The maximum Gasteiger partial charge on any atom is 0.408 e. The van der Waals surface area contributed by atoms with E-state index in [0.29, 0.717) is 6.42 Å². The summed E-state index contributed by atoms with van der Waals surface area (Å²) in [6, 6.07) is -0.914. The molecule has 144 valence electrons. The summed E-state index contributed by atoms with van der Waals surface area (Å²) in [6.45, 7) is 4.19. The number of amides is 3. The van der Waals surface area contributed by atoms with Crippen molar-refractivity contribution in [1.29, 1.82) is 0 Å². The second-order valence-corrected chi connectivity index (χ2v) is 6.75. The van der Waals surface area contributed by atoms with Crippen molar-refractivity contribution in [3.05, 3.63) is 23.8 Å². The number of alkyl carbamates (subject to hydrolysis) is 1. The smallest absolute Gasteiger partial charge is 0.408 e. The van der Waals surface area contributed by atoms with Gasteiger partial charge in [-0.2, -0.15) is 0 Å². The zero-order valence-corrected chi connectivity index (χ0v) is 15.1. The van der Waals surface area contributed by atoms with Gasteiger partial charge in [-0.3, -0.25) is 14.4 Å². The second kappa shape index (κ2) is 9.59. The molecule has 0 aromatic rings. The van der Waals surface area contributed by atoms with Crippen LogP contribution in [0.4, 0.5) is 4.79 Å². The molecule has 0 aromatic heterocycles. The first-order chi connectivity index (χ1) is 12.1. The van der Waals surface area contributed by atoms with Crippen LogP contribution >= 0.6 is 0 Å². The van der Waals surface area contributed by atoms with E-state index in [4.69, 9.17) is 9.84 Å². The first-order valence-corrected chi connectivity index (χ1v) is 8.17. The molecule has 0 saturated heterocycles. The zero-order chi connectivity index (χ0) is 19.7. The fraction of sp³-hybridized carbons (Fsp3) is 0.529. The molecule has 9 heteroatoms. The molecule has 1 aliphatic carbocycles. The lowest BCUT2D eigenvalue weighted by atomic mass is 10.0. The van der Waals surface area contributed by atoms with E-state index in [1.807, 2.05) is 18.2 Å². The molecule has 4 N–H and O–H groups in total. The molecule has 0 fully saturated rings. The van der Waals surface area contributed by atoms with Crippen LogP contribution in [0.15, 0.2) is 23.8 Å². The highest BCUT2D eigenvalue weighted by Gasteiger charge is 2.25. The Balaban J connectivity index is 2.61. The molecule has 1 aliphatic rings. The lowest BCUT2D eigenvalue weighted by molar-refractivity contribution is -0.137. The molecular weight excluding hydrogens is 342 g/mol. The number of rotatable bonds is 8. The minimum absolute atomic E-state index is 0.273. The van der Waals surface area contributed by atoms with Gasteiger partial charge in [0.15, 0.2) is 0 Å². The predicted molar refractivity (Wildman–Crippen MR) is 93.3 cm³/mol. The molecule has 1 rings (SSSR count). The second-order valence-electron chi connectivity index (χ2n) is 6.75. The minimum Gasteiger partial charge on any atom is -0.480 e. The van der Waals surface area contributed by atoms with Crippen LogP contribution in [0.1, 0.15) is 33.6 Å². The third-order valence-electron chi connectivity index (χ3n) is 3.18. The van der Waals surface area contributed by atoms with Crippen molar-refractivity contribution in [2.45, 2.75) is 45.3 Å². The van der Waals surface area contributed by atoms with Crippen LogP contribution in [0.3, 0.4) is 0 Å². The van der Waals surface area contributed by atoms with E-state index in [1.165, 1.54) is 0 Å². The van der Waals surface area contributed by atoms with Crippen LogP contribution in [-0.4, -0.2) is 53.7 Å². The summed E-state index contributed by atoms with van der Waals surface area (Å²) >= 11 is 0. The lowest BCUT2D eigenvalue weighted by Gasteiger charge is -2.23. The summed E-state index contributed by atoms with van der Waals surface area (Å²) in [5.74, 6) is -2.39. The third-order valence-corrected chi connectivity index (χ3v) is 3.18. The molecule has 0 heterocycles. The number of allylic oxidation sites excluding steroid dienone is 3. The minimum atomic E-state index is -1.19. The number of nitrogens with one attached hydrogen (secondary N) is 3. The molecule has 0 bridgehead atoms. The van der Waals surface area contributed by atoms with Gasteiger partial charge in [-0.05, 0) is 33.6 Å². The molecule has 0 unspecified atom stereocenters. The molecule has 3 amide bonds. The molecule has 26 heavy (non-hydrogen) atoms. The fourth-order valence-electron chi connectivity index (χ4n) is 2.09. The van der Waals surface area contributed by atoms with Gasteiger partial charge < -0.3 is 25.8 Å². The molecule has 0 radical (unpaired) electrons. The fourth-order valence-corrected chi connectivity index (χ4v) is 2.09. The van der Waals surface area contributed by atoms with Gasteiger partial charge in [0.2, 0.25) is 11.8 Å². The van der Waals surface area contributed by atoms with Crippen LogP contribution < -0.4 is 16.0 Å². The van der Waals surface area contributed by atoms with Gasteiger partial charge >= 0.3 is 12.1 Å².